The van der Waals surface area contributed by atoms with E-state index < -0.39 is 0 Å². The number of carbonyl (C=O) groups excluding carboxylic acids is 1. The highest BCUT2D eigenvalue weighted by atomic mass is 35.5. The summed E-state index contributed by atoms with van der Waals surface area (Å²) in [6.07, 6.45) is 3.09. The Morgan fingerprint density at radius 2 is 1.68 bits per heavy atom. The molecule has 2 aromatic rings. The Morgan fingerprint density at radius 1 is 1.00 bits per heavy atom. The van der Waals surface area contributed by atoms with Crippen LogP contribution in [0.5, 0.6) is 23.0 Å². The molecule has 0 unspecified atom stereocenters. The third-order valence-electron chi connectivity index (χ3n) is 3.86. The number of carbonyl (C=O) groups is 1. The van der Waals surface area contributed by atoms with Gasteiger partial charge in [-0.25, -0.2) is 5.43 Å². The minimum atomic E-state index is -0.387. The van der Waals surface area contributed by atoms with Crippen LogP contribution in [0.25, 0.3) is 0 Å². The molecule has 0 heterocycles. The fourth-order valence-electron chi connectivity index (χ4n) is 2.63. The summed E-state index contributed by atoms with van der Waals surface area (Å²) in [5.41, 5.74) is 3.53. The van der Waals surface area contributed by atoms with Crippen molar-refractivity contribution in [1.29, 1.82) is 0 Å². The summed E-state index contributed by atoms with van der Waals surface area (Å²) < 4.78 is 22.2. The number of nitrogens with one attached hydrogen (secondary N) is 1. The van der Waals surface area contributed by atoms with Gasteiger partial charge < -0.3 is 18.9 Å². The van der Waals surface area contributed by atoms with Gasteiger partial charge >= 0.3 is 0 Å². The molecule has 0 aliphatic carbocycles. The molecule has 0 aromatic heterocycles. The average molecular weight is 447 g/mol. The van der Waals surface area contributed by atoms with Gasteiger partial charge in [-0.2, -0.15) is 5.10 Å². The van der Waals surface area contributed by atoms with Crippen molar-refractivity contribution in [1.82, 2.24) is 5.43 Å². The van der Waals surface area contributed by atoms with Crippen LogP contribution in [0.4, 0.5) is 0 Å². The van der Waals surface area contributed by atoms with E-state index >= 15 is 0 Å². The van der Waals surface area contributed by atoms with Gasteiger partial charge in [-0.15, -0.1) is 0 Å². The molecule has 166 valence electrons. The third-order valence-corrected chi connectivity index (χ3v) is 4.14. The lowest BCUT2D eigenvalue weighted by atomic mass is 10.2. The normalized spacial score (nSPS) is 10.6. The van der Waals surface area contributed by atoms with Crippen LogP contribution in [0.15, 0.2) is 48.1 Å². The van der Waals surface area contributed by atoms with E-state index in [1.54, 1.807) is 36.4 Å². The topological polar surface area (TPSA) is 78.4 Å². The maximum atomic E-state index is 12.5. The first-order valence-electron chi connectivity index (χ1n) is 9.97. The van der Waals surface area contributed by atoms with Gasteiger partial charge in [-0.1, -0.05) is 24.3 Å². The lowest BCUT2D eigenvalue weighted by molar-refractivity contribution is 0.0954. The fourth-order valence-corrected chi connectivity index (χ4v) is 2.90. The van der Waals surface area contributed by atoms with Crippen molar-refractivity contribution in [3.05, 3.63) is 59.1 Å². The van der Waals surface area contributed by atoms with Crippen molar-refractivity contribution in [2.24, 2.45) is 5.10 Å². The van der Waals surface area contributed by atoms with Gasteiger partial charge in [-0.05, 0) is 56.7 Å². The minimum Gasteiger partial charge on any atom is -0.490 e. The zero-order valence-electron chi connectivity index (χ0n) is 17.9. The Balaban J connectivity index is 2.15. The van der Waals surface area contributed by atoms with E-state index in [0.29, 0.717) is 65.6 Å². The highest BCUT2D eigenvalue weighted by Gasteiger charge is 2.13. The monoisotopic (exact) mass is 446 g/mol. The molecular weight excluding hydrogens is 420 g/mol. The molecule has 0 fully saturated rings. The van der Waals surface area contributed by atoms with Crippen molar-refractivity contribution < 1.29 is 23.7 Å². The Labute approximate surface area is 187 Å². The molecule has 0 bridgehead atoms. The summed E-state index contributed by atoms with van der Waals surface area (Å²) in [5.74, 6) is 1.62. The van der Waals surface area contributed by atoms with Crippen molar-refractivity contribution in [2.45, 2.75) is 20.8 Å². The van der Waals surface area contributed by atoms with Crippen LogP contribution in [0.2, 0.25) is 5.02 Å². The van der Waals surface area contributed by atoms with Gasteiger partial charge in [0.25, 0.3) is 5.91 Å². The number of hydrogen-bond acceptors (Lipinski definition) is 6. The molecule has 2 aromatic carbocycles. The molecule has 0 atom stereocenters. The van der Waals surface area contributed by atoms with Crippen LogP contribution in [0, 0.1) is 0 Å². The molecule has 7 nitrogen and oxygen atoms in total. The first-order chi connectivity index (χ1) is 15.0. The molecule has 31 heavy (non-hydrogen) atoms. The molecular formula is C23H27ClN2O5. The average Bonchev–Trinajstić information content (AvgIpc) is 2.75. The van der Waals surface area contributed by atoms with Crippen molar-refractivity contribution in [3.8, 4) is 23.0 Å². The van der Waals surface area contributed by atoms with Crippen LogP contribution in [0.1, 0.15) is 36.7 Å². The lowest BCUT2D eigenvalue weighted by Gasteiger charge is -2.13. The Bertz CT molecular complexity index is 930. The minimum absolute atomic E-state index is 0.301. The highest BCUT2D eigenvalue weighted by molar-refractivity contribution is 6.32. The fraction of sp³-hybridized carbons (Fsp3) is 0.304. The van der Waals surface area contributed by atoms with Gasteiger partial charge in [0.1, 0.15) is 6.61 Å². The number of nitrogens with zero attached hydrogens (tertiary/aromatic N) is 1. The molecule has 1 amide bonds. The second-order valence-corrected chi connectivity index (χ2v) is 6.50. The summed E-state index contributed by atoms with van der Waals surface area (Å²) in [7, 11) is 0. The first kappa shape index (κ1) is 24.1. The van der Waals surface area contributed by atoms with Crippen LogP contribution in [-0.4, -0.2) is 38.5 Å². The highest BCUT2D eigenvalue weighted by Crippen LogP contribution is 2.36. The number of benzene rings is 2. The van der Waals surface area contributed by atoms with Crippen molar-refractivity contribution in [3.63, 3.8) is 0 Å². The predicted octanol–water partition coefficient (Wildman–Crippen LogP) is 4.86. The zero-order valence-corrected chi connectivity index (χ0v) is 18.7. The molecule has 0 radical (unpaired) electrons. The molecule has 1 N–H and O–H groups in total. The van der Waals surface area contributed by atoms with Gasteiger partial charge in [0.05, 0.1) is 31.1 Å². The smallest absolute Gasteiger partial charge is 0.271 e. The van der Waals surface area contributed by atoms with E-state index in [-0.39, 0.29) is 5.91 Å². The van der Waals surface area contributed by atoms with Crippen LogP contribution >= 0.6 is 11.6 Å². The van der Waals surface area contributed by atoms with Gasteiger partial charge in [0, 0.05) is 5.56 Å². The third kappa shape index (κ3) is 6.93. The van der Waals surface area contributed by atoms with Crippen LogP contribution in [0.3, 0.4) is 0 Å². The van der Waals surface area contributed by atoms with Crippen molar-refractivity contribution in [2.75, 3.05) is 26.4 Å². The second kappa shape index (κ2) is 12.5. The van der Waals surface area contributed by atoms with E-state index in [9.17, 15) is 4.79 Å². The summed E-state index contributed by atoms with van der Waals surface area (Å²) in [6.45, 7) is 10.9. The largest absolute Gasteiger partial charge is 0.490 e. The molecule has 0 saturated carbocycles. The molecule has 0 saturated heterocycles. The van der Waals surface area contributed by atoms with Gasteiger partial charge in [-0.3, -0.25) is 4.79 Å². The lowest BCUT2D eigenvalue weighted by Crippen LogP contribution is -2.17. The number of amides is 1. The van der Waals surface area contributed by atoms with Crippen LogP contribution in [-0.2, 0) is 0 Å². The van der Waals surface area contributed by atoms with Gasteiger partial charge in [0.2, 0.25) is 0 Å². The molecule has 0 spiro atoms. The number of hydrazone groups is 1. The van der Waals surface area contributed by atoms with E-state index in [1.807, 2.05) is 20.8 Å². The molecule has 0 aliphatic heterocycles. The standard InChI is InChI=1S/C23H27ClN2O5/c1-5-11-31-22-18(24)12-16(13-21(22)30-8-4)15-25-26-23(27)17-9-10-19(28-6-2)20(14-17)29-7-3/h5,9-10,12-15H,1,6-8,11H2,2-4H3,(H,26,27)/b25-15+. The van der Waals surface area contributed by atoms with E-state index in [4.69, 9.17) is 30.5 Å². The van der Waals surface area contributed by atoms with Gasteiger partial charge in [0.15, 0.2) is 23.0 Å². The summed E-state index contributed by atoms with van der Waals surface area (Å²) in [5, 5.41) is 4.39. The molecule has 8 heteroatoms. The van der Waals surface area contributed by atoms with E-state index in [2.05, 4.69) is 17.1 Å². The number of rotatable bonds is 12. The Kier molecular flexibility index (Phi) is 9.71. The maximum absolute atomic E-state index is 12.5. The quantitative estimate of drug-likeness (QED) is 0.286. The Morgan fingerprint density at radius 3 is 2.35 bits per heavy atom. The molecule has 0 aliphatic rings. The van der Waals surface area contributed by atoms with E-state index in [0.717, 1.165) is 0 Å². The first-order valence-corrected chi connectivity index (χ1v) is 10.3. The summed E-state index contributed by atoms with van der Waals surface area (Å²) in [6, 6.07) is 8.36. The van der Waals surface area contributed by atoms with Crippen molar-refractivity contribution >= 4 is 23.7 Å². The zero-order chi connectivity index (χ0) is 22.6. The van der Waals surface area contributed by atoms with Crippen LogP contribution < -0.4 is 24.4 Å². The number of ether oxygens (including phenoxy) is 4. The molecule has 2 rings (SSSR count). The number of hydrogen-bond donors (Lipinski definition) is 1. The second-order valence-electron chi connectivity index (χ2n) is 6.09. The maximum Gasteiger partial charge on any atom is 0.271 e. The number of halogens is 1. The SMILES string of the molecule is C=CCOc1c(Cl)cc(/C=N/NC(=O)c2ccc(OCC)c(OCC)c2)cc1OCC. The Hall–Kier alpha value is -3.19. The van der Waals surface area contributed by atoms with E-state index in [1.165, 1.54) is 6.21 Å². The predicted molar refractivity (Wildman–Crippen MR) is 122 cm³/mol. The summed E-state index contributed by atoms with van der Waals surface area (Å²) in [4.78, 5) is 12.5. The summed E-state index contributed by atoms with van der Waals surface area (Å²) >= 11 is 6.32.